The smallest absolute Gasteiger partial charge is 0.276 e. The molecule has 0 aromatic heterocycles. The first-order valence-corrected chi connectivity index (χ1v) is 10.3. The van der Waals surface area contributed by atoms with Crippen LogP contribution in [0.2, 0.25) is 0 Å². The number of ether oxygens (including phenoxy) is 2. The van der Waals surface area contributed by atoms with Crippen molar-refractivity contribution in [3.63, 3.8) is 0 Å². The molecule has 0 aliphatic heterocycles. The highest BCUT2D eigenvalue weighted by Crippen LogP contribution is 2.25. The summed E-state index contributed by atoms with van der Waals surface area (Å²) in [5.74, 6) is 0.313. The summed E-state index contributed by atoms with van der Waals surface area (Å²) >= 11 is 0. The van der Waals surface area contributed by atoms with Crippen LogP contribution in [0.1, 0.15) is 42.5 Å². The van der Waals surface area contributed by atoms with Gasteiger partial charge in [0.15, 0.2) is 6.61 Å². The van der Waals surface area contributed by atoms with E-state index in [1.54, 1.807) is 55.6 Å². The Hall–Kier alpha value is -3.55. The Kier molecular flexibility index (Phi) is 7.86. The lowest BCUT2D eigenvalue weighted by atomic mass is 9.88. The summed E-state index contributed by atoms with van der Waals surface area (Å²) in [6, 6.07) is 13.3. The van der Waals surface area contributed by atoms with Crippen molar-refractivity contribution in [2.24, 2.45) is 5.92 Å². The molecule has 2 aromatic rings. The maximum Gasteiger partial charge on any atom is 0.276 e. The van der Waals surface area contributed by atoms with Crippen LogP contribution in [-0.4, -0.2) is 31.4 Å². The first-order valence-electron chi connectivity index (χ1n) is 10.3. The van der Waals surface area contributed by atoms with Gasteiger partial charge in [0.25, 0.3) is 11.8 Å². The van der Waals surface area contributed by atoms with Gasteiger partial charge < -0.3 is 14.8 Å². The predicted octanol–water partition coefficient (Wildman–Crippen LogP) is 3.05. The molecule has 0 spiro atoms. The number of methoxy groups -OCH3 is 1. The summed E-state index contributed by atoms with van der Waals surface area (Å²) in [6.07, 6.45) is 5.22. The first kappa shape index (κ1) is 22.1. The lowest BCUT2D eigenvalue weighted by Crippen LogP contribution is -2.43. The molecule has 1 aliphatic rings. The summed E-state index contributed by atoms with van der Waals surface area (Å²) < 4.78 is 10.4. The number of hydrogen-bond acceptors (Lipinski definition) is 5. The van der Waals surface area contributed by atoms with Crippen molar-refractivity contribution >= 4 is 23.4 Å². The van der Waals surface area contributed by atoms with E-state index < -0.39 is 11.8 Å². The van der Waals surface area contributed by atoms with Gasteiger partial charge in [-0.3, -0.25) is 25.2 Å². The fourth-order valence-corrected chi connectivity index (χ4v) is 3.37. The Morgan fingerprint density at radius 2 is 1.52 bits per heavy atom. The second-order valence-corrected chi connectivity index (χ2v) is 7.37. The number of rotatable bonds is 7. The molecule has 8 heteroatoms. The molecule has 8 nitrogen and oxygen atoms in total. The van der Waals surface area contributed by atoms with Gasteiger partial charge in [-0.15, -0.1) is 0 Å². The van der Waals surface area contributed by atoms with Crippen LogP contribution in [0, 0.1) is 5.92 Å². The molecule has 1 aliphatic carbocycles. The average Bonchev–Trinajstić information content (AvgIpc) is 2.82. The van der Waals surface area contributed by atoms with Crippen molar-refractivity contribution < 1.29 is 23.9 Å². The quantitative estimate of drug-likeness (QED) is 0.591. The summed E-state index contributed by atoms with van der Waals surface area (Å²) in [7, 11) is 1.56. The molecule has 164 valence electrons. The fourth-order valence-electron chi connectivity index (χ4n) is 3.37. The molecule has 0 atom stereocenters. The molecule has 1 saturated carbocycles. The van der Waals surface area contributed by atoms with E-state index in [4.69, 9.17) is 9.47 Å². The van der Waals surface area contributed by atoms with Crippen molar-refractivity contribution in [3.05, 3.63) is 54.1 Å². The van der Waals surface area contributed by atoms with Crippen LogP contribution in [0.3, 0.4) is 0 Å². The molecule has 0 heterocycles. The highest BCUT2D eigenvalue weighted by Gasteiger charge is 2.21. The second kappa shape index (κ2) is 11.0. The van der Waals surface area contributed by atoms with E-state index in [-0.39, 0.29) is 18.4 Å². The van der Waals surface area contributed by atoms with Crippen molar-refractivity contribution in [3.8, 4) is 11.5 Å². The normalized spacial score (nSPS) is 13.7. The molecule has 0 saturated heterocycles. The minimum atomic E-state index is -0.500. The van der Waals surface area contributed by atoms with Crippen LogP contribution >= 0.6 is 0 Å². The Morgan fingerprint density at radius 3 is 2.16 bits per heavy atom. The van der Waals surface area contributed by atoms with Crippen LogP contribution in [0.4, 0.5) is 5.69 Å². The van der Waals surface area contributed by atoms with Crippen LogP contribution in [0.25, 0.3) is 0 Å². The van der Waals surface area contributed by atoms with Crippen LogP contribution < -0.4 is 25.6 Å². The summed E-state index contributed by atoms with van der Waals surface area (Å²) in [5.41, 5.74) is 5.64. The Morgan fingerprint density at radius 1 is 0.871 bits per heavy atom. The van der Waals surface area contributed by atoms with E-state index >= 15 is 0 Å². The highest BCUT2D eigenvalue weighted by atomic mass is 16.5. The molecule has 3 rings (SSSR count). The monoisotopic (exact) mass is 425 g/mol. The Labute approximate surface area is 181 Å². The molecule has 3 amide bonds. The second-order valence-electron chi connectivity index (χ2n) is 7.37. The molecule has 0 radical (unpaired) electrons. The van der Waals surface area contributed by atoms with E-state index in [0.717, 1.165) is 25.7 Å². The molecule has 2 aromatic carbocycles. The lowest BCUT2D eigenvalue weighted by Gasteiger charge is -2.20. The van der Waals surface area contributed by atoms with Crippen molar-refractivity contribution in [2.45, 2.75) is 32.1 Å². The SMILES string of the molecule is COc1ccc(OCC(=O)NNC(=O)c2ccc(NC(=O)C3CCCCC3)cc2)cc1. The van der Waals surface area contributed by atoms with Gasteiger partial charge in [0.1, 0.15) is 11.5 Å². The van der Waals surface area contributed by atoms with Gasteiger partial charge >= 0.3 is 0 Å². The van der Waals surface area contributed by atoms with Crippen molar-refractivity contribution in [1.29, 1.82) is 0 Å². The van der Waals surface area contributed by atoms with Gasteiger partial charge in [-0.1, -0.05) is 19.3 Å². The maximum absolute atomic E-state index is 12.3. The van der Waals surface area contributed by atoms with Crippen molar-refractivity contribution in [2.75, 3.05) is 19.0 Å². The fraction of sp³-hybridized carbons (Fsp3) is 0.348. The molecule has 3 N–H and O–H groups in total. The van der Waals surface area contributed by atoms with Gasteiger partial charge in [0, 0.05) is 17.2 Å². The molecular formula is C23H27N3O5. The Bertz CT molecular complexity index is 890. The zero-order chi connectivity index (χ0) is 22.1. The topological polar surface area (TPSA) is 106 Å². The van der Waals surface area contributed by atoms with Gasteiger partial charge in [-0.25, -0.2) is 0 Å². The third kappa shape index (κ3) is 6.74. The lowest BCUT2D eigenvalue weighted by molar-refractivity contribution is -0.124. The van der Waals surface area contributed by atoms with Gasteiger partial charge in [0.2, 0.25) is 5.91 Å². The number of anilines is 1. The number of hydrazine groups is 1. The van der Waals surface area contributed by atoms with E-state index in [2.05, 4.69) is 16.2 Å². The molecule has 0 bridgehead atoms. The van der Waals surface area contributed by atoms with Gasteiger partial charge in [0.05, 0.1) is 7.11 Å². The van der Waals surface area contributed by atoms with E-state index in [1.807, 2.05) is 0 Å². The third-order valence-corrected chi connectivity index (χ3v) is 5.14. The number of carbonyl (C=O) groups is 3. The van der Waals surface area contributed by atoms with Crippen molar-refractivity contribution in [1.82, 2.24) is 10.9 Å². The minimum Gasteiger partial charge on any atom is -0.497 e. The summed E-state index contributed by atoms with van der Waals surface area (Å²) in [5, 5.41) is 2.90. The van der Waals surface area contributed by atoms with Crippen LogP contribution in [0.5, 0.6) is 11.5 Å². The summed E-state index contributed by atoms with van der Waals surface area (Å²) in [6.45, 7) is -0.251. The Balaban J connectivity index is 1.41. The molecule has 0 unspecified atom stereocenters. The molecular weight excluding hydrogens is 398 g/mol. The average molecular weight is 425 g/mol. The number of carbonyl (C=O) groups excluding carboxylic acids is 3. The molecule has 31 heavy (non-hydrogen) atoms. The maximum atomic E-state index is 12.3. The zero-order valence-corrected chi connectivity index (χ0v) is 17.5. The van der Waals surface area contributed by atoms with Crippen LogP contribution in [-0.2, 0) is 9.59 Å². The van der Waals surface area contributed by atoms with Crippen LogP contribution in [0.15, 0.2) is 48.5 Å². The number of hydrogen-bond donors (Lipinski definition) is 3. The predicted molar refractivity (Wildman–Crippen MR) is 116 cm³/mol. The number of benzene rings is 2. The highest BCUT2D eigenvalue weighted by molar-refractivity contribution is 5.97. The number of nitrogens with one attached hydrogen (secondary N) is 3. The van der Waals surface area contributed by atoms with E-state index in [9.17, 15) is 14.4 Å². The molecule has 1 fully saturated rings. The van der Waals surface area contributed by atoms with E-state index in [1.165, 1.54) is 6.42 Å². The van der Waals surface area contributed by atoms with Gasteiger partial charge in [-0.2, -0.15) is 0 Å². The number of amides is 3. The summed E-state index contributed by atoms with van der Waals surface area (Å²) in [4.78, 5) is 36.4. The standard InChI is InChI=1S/C23H27N3O5/c1-30-19-11-13-20(14-12-19)31-15-21(27)25-26-23(29)17-7-9-18(10-8-17)24-22(28)16-5-3-2-4-6-16/h7-14,16H,2-6,15H2,1H3,(H,24,28)(H,25,27)(H,26,29). The first-order chi connectivity index (χ1) is 15.0. The van der Waals surface area contributed by atoms with E-state index in [0.29, 0.717) is 22.7 Å². The minimum absolute atomic E-state index is 0.0287. The van der Waals surface area contributed by atoms with Gasteiger partial charge in [-0.05, 0) is 61.4 Å². The largest absolute Gasteiger partial charge is 0.497 e. The third-order valence-electron chi connectivity index (χ3n) is 5.14. The zero-order valence-electron chi connectivity index (χ0n) is 17.5.